The molecule has 0 unspecified atom stereocenters. The summed E-state index contributed by atoms with van der Waals surface area (Å²) in [7, 11) is 0. The molecule has 0 atom stereocenters. The Balaban J connectivity index is 0.00000192. The van der Waals surface area contributed by atoms with E-state index < -0.39 is 0 Å². The predicted molar refractivity (Wildman–Crippen MR) is 96.0 cm³/mol. The van der Waals surface area contributed by atoms with E-state index in [9.17, 15) is 4.79 Å². The van der Waals surface area contributed by atoms with E-state index in [1.54, 1.807) is 0 Å². The quantitative estimate of drug-likeness (QED) is 0.890. The van der Waals surface area contributed by atoms with Crippen LogP contribution in [0.3, 0.4) is 0 Å². The summed E-state index contributed by atoms with van der Waals surface area (Å²) in [5.41, 5.74) is 1.42. The third kappa shape index (κ3) is 5.20. The van der Waals surface area contributed by atoms with Crippen molar-refractivity contribution in [3.8, 4) is 0 Å². The molecule has 0 radical (unpaired) electrons. The lowest BCUT2D eigenvalue weighted by Crippen LogP contribution is -2.52. The first-order valence-corrected chi connectivity index (χ1v) is 8.59. The van der Waals surface area contributed by atoms with Crippen LogP contribution in [0.2, 0.25) is 0 Å². The molecule has 0 aromatic heterocycles. The third-order valence-electron chi connectivity index (χ3n) is 4.81. The van der Waals surface area contributed by atoms with Crippen molar-refractivity contribution in [2.24, 2.45) is 5.92 Å². The number of benzene rings is 1. The Bertz CT molecular complexity index is 478. The van der Waals surface area contributed by atoms with Crippen molar-refractivity contribution in [3.63, 3.8) is 0 Å². The number of nitrogens with zero attached hydrogens (tertiary/aromatic N) is 2. The van der Waals surface area contributed by atoms with Crippen LogP contribution in [0.4, 0.5) is 0 Å². The van der Waals surface area contributed by atoms with Gasteiger partial charge in [0.15, 0.2) is 0 Å². The first kappa shape index (κ1) is 18.2. The largest absolute Gasteiger partial charge is 0.341 e. The zero-order chi connectivity index (χ0) is 15.2. The molecule has 23 heavy (non-hydrogen) atoms. The number of nitrogens with one attached hydrogen (secondary N) is 1. The van der Waals surface area contributed by atoms with Gasteiger partial charge in [-0.3, -0.25) is 4.79 Å². The van der Waals surface area contributed by atoms with E-state index in [-0.39, 0.29) is 18.3 Å². The first-order valence-electron chi connectivity index (χ1n) is 8.59. The zero-order valence-electron chi connectivity index (χ0n) is 13.7. The normalized spacial score (nSPS) is 19.6. The second-order valence-electron chi connectivity index (χ2n) is 6.46. The fourth-order valence-corrected chi connectivity index (χ4v) is 3.29. The van der Waals surface area contributed by atoms with Gasteiger partial charge in [0.2, 0.25) is 5.91 Å². The number of carbonyl (C=O) groups excluding carboxylic acids is 1. The highest BCUT2D eigenvalue weighted by Crippen LogP contribution is 2.12. The van der Waals surface area contributed by atoms with E-state index in [1.807, 2.05) is 0 Å². The van der Waals surface area contributed by atoms with Crippen LogP contribution in [0.25, 0.3) is 0 Å². The smallest absolute Gasteiger partial charge is 0.228 e. The summed E-state index contributed by atoms with van der Waals surface area (Å²) in [4.78, 5) is 16.9. The van der Waals surface area contributed by atoms with Crippen molar-refractivity contribution in [1.29, 1.82) is 0 Å². The lowest BCUT2D eigenvalue weighted by molar-refractivity contribution is -0.136. The monoisotopic (exact) mass is 337 g/mol. The Labute approximate surface area is 145 Å². The van der Waals surface area contributed by atoms with Crippen LogP contribution in [-0.4, -0.2) is 61.5 Å². The van der Waals surface area contributed by atoms with Gasteiger partial charge in [0.05, 0.1) is 5.92 Å². The minimum Gasteiger partial charge on any atom is -0.341 e. The molecule has 2 fully saturated rings. The van der Waals surface area contributed by atoms with Crippen molar-refractivity contribution in [2.45, 2.75) is 19.3 Å². The van der Waals surface area contributed by atoms with E-state index >= 15 is 0 Å². The molecule has 2 aliphatic heterocycles. The summed E-state index contributed by atoms with van der Waals surface area (Å²) in [5.74, 6) is 0.606. The van der Waals surface area contributed by atoms with E-state index in [0.717, 1.165) is 58.7 Å². The van der Waals surface area contributed by atoms with Gasteiger partial charge in [-0.25, -0.2) is 0 Å². The Morgan fingerprint density at radius 1 is 1.09 bits per heavy atom. The highest BCUT2D eigenvalue weighted by molar-refractivity contribution is 5.85. The van der Waals surface area contributed by atoms with Gasteiger partial charge in [0.1, 0.15) is 0 Å². The maximum absolute atomic E-state index is 12.3. The molecule has 1 amide bonds. The average molecular weight is 338 g/mol. The topological polar surface area (TPSA) is 35.6 Å². The molecule has 0 aliphatic carbocycles. The van der Waals surface area contributed by atoms with Crippen LogP contribution in [-0.2, 0) is 11.2 Å². The van der Waals surface area contributed by atoms with Gasteiger partial charge in [-0.15, -0.1) is 12.4 Å². The predicted octanol–water partition coefficient (Wildman–Crippen LogP) is 1.79. The van der Waals surface area contributed by atoms with Crippen LogP contribution >= 0.6 is 12.4 Å². The van der Waals surface area contributed by atoms with Gasteiger partial charge in [-0.05, 0) is 37.9 Å². The number of amides is 1. The second-order valence-corrected chi connectivity index (χ2v) is 6.46. The van der Waals surface area contributed by atoms with Gasteiger partial charge in [-0.1, -0.05) is 30.3 Å². The third-order valence-corrected chi connectivity index (χ3v) is 4.81. The summed E-state index contributed by atoms with van der Waals surface area (Å²) in [6.07, 6.45) is 3.45. The second kappa shape index (κ2) is 9.26. The Morgan fingerprint density at radius 3 is 2.57 bits per heavy atom. The Hall–Kier alpha value is -1.10. The molecule has 3 rings (SSSR count). The molecule has 0 bridgehead atoms. The molecule has 2 aliphatic rings. The van der Waals surface area contributed by atoms with Gasteiger partial charge in [0.25, 0.3) is 0 Å². The number of aryl methyl sites for hydroxylation is 1. The maximum Gasteiger partial charge on any atom is 0.228 e. The summed E-state index contributed by atoms with van der Waals surface area (Å²) in [6.45, 7) is 6.88. The molecular formula is C18H28ClN3O. The fourth-order valence-electron chi connectivity index (χ4n) is 3.29. The van der Waals surface area contributed by atoms with Crippen LogP contribution < -0.4 is 5.32 Å². The van der Waals surface area contributed by atoms with Gasteiger partial charge < -0.3 is 15.1 Å². The lowest BCUT2D eigenvalue weighted by atomic mass is 10.0. The number of hydrogen-bond donors (Lipinski definition) is 1. The van der Waals surface area contributed by atoms with Gasteiger partial charge in [-0.2, -0.15) is 0 Å². The Kier molecular flexibility index (Phi) is 7.34. The summed E-state index contributed by atoms with van der Waals surface area (Å²) in [6, 6.07) is 10.7. The van der Waals surface area contributed by atoms with Crippen LogP contribution in [0.15, 0.2) is 30.3 Å². The Morgan fingerprint density at radius 2 is 1.87 bits per heavy atom. The maximum atomic E-state index is 12.3. The van der Waals surface area contributed by atoms with Crippen molar-refractivity contribution < 1.29 is 4.79 Å². The minimum atomic E-state index is 0. The molecule has 2 saturated heterocycles. The lowest BCUT2D eigenvalue weighted by Gasteiger charge is -2.31. The number of carbonyl (C=O) groups is 1. The minimum absolute atomic E-state index is 0. The zero-order valence-corrected chi connectivity index (χ0v) is 14.6. The van der Waals surface area contributed by atoms with Crippen molar-refractivity contribution >= 4 is 18.3 Å². The van der Waals surface area contributed by atoms with Gasteiger partial charge >= 0.3 is 0 Å². The SMILES string of the molecule is Cl.O=C(C1CNC1)N1CCCN(CCCc2ccccc2)CC1. The number of halogens is 1. The van der Waals surface area contributed by atoms with Crippen LogP contribution in [0, 0.1) is 5.92 Å². The van der Waals surface area contributed by atoms with E-state index in [2.05, 4.69) is 45.4 Å². The molecule has 4 nitrogen and oxygen atoms in total. The molecule has 2 heterocycles. The average Bonchev–Trinajstić information content (AvgIpc) is 2.72. The molecule has 5 heteroatoms. The van der Waals surface area contributed by atoms with Crippen molar-refractivity contribution in [2.75, 3.05) is 45.8 Å². The van der Waals surface area contributed by atoms with E-state index in [1.165, 1.54) is 12.0 Å². The van der Waals surface area contributed by atoms with E-state index in [0.29, 0.717) is 5.91 Å². The number of hydrogen-bond acceptors (Lipinski definition) is 3. The number of rotatable bonds is 5. The standard InChI is InChI=1S/C18H27N3O.ClH/c22-18(17-14-19-15-17)21-11-5-10-20(12-13-21)9-4-8-16-6-2-1-3-7-16;/h1-3,6-7,17,19H,4-5,8-15H2;1H. The highest BCUT2D eigenvalue weighted by Gasteiger charge is 2.29. The van der Waals surface area contributed by atoms with Crippen molar-refractivity contribution in [1.82, 2.24) is 15.1 Å². The van der Waals surface area contributed by atoms with Gasteiger partial charge in [0, 0.05) is 32.7 Å². The first-order chi connectivity index (χ1) is 10.8. The van der Waals surface area contributed by atoms with E-state index in [4.69, 9.17) is 0 Å². The molecule has 0 saturated carbocycles. The molecule has 1 N–H and O–H groups in total. The molecule has 1 aromatic rings. The molecule has 1 aromatic carbocycles. The van der Waals surface area contributed by atoms with Crippen LogP contribution in [0.5, 0.6) is 0 Å². The highest BCUT2D eigenvalue weighted by atomic mass is 35.5. The van der Waals surface area contributed by atoms with Crippen molar-refractivity contribution in [3.05, 3.63) is 35.9 Å². The fraction of sp³-hybridized carbons (Fsp3) is 0.611. The molecule has 128 valence electrons. The molecular weight excluding hydrogens is 310 g/mol. The summed E-state index contributed by atoms with van der Waals surface area (Å²) >= 11 is 0. The summed E-state index contributed by atoms with van der Waals surface area (Å²) < 4.78 is 0. The summed E-state index contributed by atoms with van der Waals surface area (Å²) in [5, 5.41) is 3.19. The molecule has 0 spiro atoms. The van der Waals surface area contributed by atoms with Crippen LogP contribution in [0.1, 0.15) is 18.4 Å².